The van der Waals surface area contributed by atoms with Crippen molar-refractivity contribution in [1.29, 1.82) is 0 Å². The maximum absolute atomic E-state index is 14.7. The summed E-state index contributed by atoms with van der Waals surface area (Å²) in [5.74, 6) is -4.70. The van der Waals surface area contributed by atoms with E-state index < -0.39 is 41.6 Å². The number of carbonyl (C=O) groups is 4. The summed E-state index contributed by atoms with van der Waals surface area (Å²) in [5.41, 5.74) is 8.44. The molecule has 0 spiro atoms. The molecule has 9 nitrogen and oxygen atoms in total. The van der Waals surface area contributed by atoms with Crippen molar-refractivity contribution >= 4 is 52.1 Å². The average molecular weight is 636 g/mol. The Morgan fingerprint density at radius 2 is 1.73 bits per heavy atom. The Labute approximate surface area is 262 Å². The quantitative estimate of drug-likeness (QED) is 0.260. The van der Waals surface area contributed by atoms with Gasteiger partial charge in [-0.3, -0.25) is 23.9 Å². The third-order valence-corrected chi connectivity index (χ3v) is 9.40. The van der Waals surface area contributed by atoms with Crippen LogP contribution in [0, 0.1) is 32.5 Å². The van der Waals surface area contributed by atoms with Gasteiger partial charge in [0.05, 0.1) is 17.7 Å². The number of anilines is 1. The lowest BCUT2D eigenvalue weighted by atomic mass is 9.76. The maximum atomic E-state index is 14.7. The van der Waals surface area contributed by atoms with Crippen molar-refractivity contribution in [2.75, 3.05) is 5.32 Å². The number of nitrogens with two attached hydrogens (primary N) is 1. The number of nitrogens with zero attached hydrogens (tertiary/aromatic N) is 3. The van der Waals surface area contributed by atoms with Crippen LogP contribution in [0.5, 0.6) is 0 Å². The second kappa shape index (κ2) is 12.0. The molecule has 4 atom stereocenters. The molecule has 1 saturated heterocycles. The number of aryl methyl sites for hydroxylation is 4. The van der Waals surface area contributed by atoms with Crippen LogP contribution in [0.1, 0.15) is 66.2 Å². The predicted octanol–water partition coefficient (Wildman–Crippen LogP) is 5.49. The number of Topliss-reactive ketones (excluding diaryl/α,β-unsaturated/α-hetero) is 1. The van der Waals surface area contributed by atoms with Crippen molar-refractivity contribution in [3.8, 4) is 0 Å². The fourth-order valence-corrected chi connectivity index (χ4v) is 7.51. The van der Waals surface area contributed by atoms with Crippen molar-refractivity contribution < 1.29 is 23.6 Å². The highest BCUT2D eigenvalue weighted by atomic mass is 35.5. The molecule has 5 rings (SSSR count). The van der Waals surface area contributed by atoms with Crippen LogP contribution in [-0.4, -0.2) is 44.2 Å². The Kier molecular flexibility index (Phi) is 8.46. The van der Waals surface area contributed by atoms with Crippen LogP contribution in [0.2, 0.25) is 5.15 Å². The number of likely N-dealkylation sites (tertiary alicyclic amines) is 1. The Bertz CT molecular complexity index is 1800. The van der Waals surface area contributed by atoms with Crippen molar-refractivity contribution in [2.45, 2.75) is 45.7 Å². The second-order valence-electron chi connectivity index (χ2n) is 11.0. The molecule has 1 fully saturated rings. The summed E-state index contributed by atoms with van der Waals surface area (Å²) >= 11 is 8.28. The van der Waals surface area contributed by atoms with Crippen LogP contribution >= 0.6 is 22.9 Å². The molecule has 3 heterocycles. The lowest BCUT2D eigenvalue weighted by molar-refractivity contribution is -0.122. The van der Waals surface area contributed by atoms with Gasteiger partial charge in [0.2, 0.25) is 11.8 Å². The van der Waals surface area contributed by atoms with Gasteiger partial charge in [0.15, 0.2) is 5.78 Å². The summed E-state index contributed by atoms with van der Waals surface area (Å²) in [6.07, 6.45) is 0. The van der Waals surface area contributed by atoms with E-state index in [-0.39, 0.29) is 22.4 Å². The van der Waals surface area contributed by atoms with Crippen LogP contribution < -0.4 is 11.1 Å². The number of rotatable bonds is 7. The lowest BCUT2D eigenvalue weighted by Gasteiger charge is -2.31. The molecule has 1 aliphatic rings. The summed E-state index contributed by atoms with van der Waals surface area (Å²) in [4.78, 5) is 57.2. The number of ketones is 1. The fraction of sp³-hybridized carbons (Fsp3) is 0.281. The lowest BCUT2D eigenvalue weighted by Crippen LogP contribution is -2.47. The number of carbonyl (C=O) groups excluding carboxylic acids is 4. The van der Waals surface area contributed by atoms with Crippen molar-refractivity contribution in [3.63, 3.8) is 0 Å². The van der Waals surface area contributed by atoms with E-state index in [1.807, 2.05) is 13.8 Å². The standard InChI is InChI=1S/C32H31ClFN5O4S/c1-15-13-23(17(3)44-15)29(41)26-25(19-9-11-22(12-10-19)36-18(4)40)28(31(35)42)39(32(43)20-7-6-8-21(34)14-20)27(26)24-16(2)37-38(5)30(24)33/h6-14,25-28H,1-5H3,(H2,35,42)(H,36,40). The van der Waals surface area contributed by atoms with E-state index in [4.69, 9.17) is 17.3 Å². The highest BCUT2D eigenvalue weighted by Gasteiger charge is 2.58. The minimum atomic E-state index is -1.33. The smallest absolute Gasteiger partial charge is 0.255 e. The van der Waals surface area contributed by atoms with Crippen LogP contribution in [0.4, 0.5) is 10.1 Å². The Hall–Kier alpha value is -4.35. The van der Waals surface area contributed by atoms with E-state index in [2.05, 4.69) is 10.4 Å². The number of amides is 3. The van der Waals surface area contributed by atoms with Gasteiger partial charge in [-0.2, -0.15) is 5.10 Å². The molecule has 44 heavy (non-hydrogen) atoms. The van der Waals surface area contributed by atoms with Gasteiger partial charge in [-0.05, 0) is 62.7 Å². The maximum Gasteiger partial charge on any atom is 0.255 e. The molecule has 2 aromatic carbocycles. The minimum absolute atomic E-state index is 0.0191. The zero-order chi connectivity index (χ0) is 32.0. The zero-order valence-corrected chi connectivity index (χ0v) is 26.3. The average Bonchev–Trinajstić information content (AvgIpc) is 3.57. The van der Waals surface area contributed by atoms with Crippen LogP contribution in [-0.2, 0) is 16.6 Å². The molecule has 12 heteroatoms. The monoisotopic (exact) mass is 635 g/mol. The SMILES string of the molecule is CC(=O)Nc1ccc(C2C(C(=O)c3cc(C)sc3C)C(c3c(C)nn(C)c3Cl)N(C(=O)c3cccc(F)c3)C2C(N)=O)cc1. The molecule has 1 aliphatic heterocycles. The van der Waals surface area contributed by atoms with Gasteiger partial charge < -0.3 is 16.0 Å². The summed E-state index contributed by atoms with van der Waals surface area (Å²) in [5, 5.41) is 7.35. The molecule has 4 aromatic rings. The van der Waals surface area contributed by atoms with E-state index in [1.54, 1.807) is 44.3 Å². The Morgan fingerprint density at radius 1 is 1.05 bits per heavy atom. The molecular formula is C32H31ClFN5O4S. The molecule has 0 bridgehead atoms. The first-order valence-electron chi connectivity index (χ1n) is 13.9. The predicted molar refractivity (Wildman–Crippen MR) is 166 cm³/mol. The van der Waals surface area contributed by atoms with E-state index in [0.717, 1.165) is 15.8 Å². The summed E-state index contributed by atoms with van der Waals surface area (Å²) in [7, 11) is 1.64. The van der Waals surface area contributed by atoms with Gasteiger partial charge >= 0.3 is 0 Å². The number of hydrogen-bond acceptors (Lipinski definition) is 6. The molecular weight excluding hydrogens is 605 g/mol. The molecule has 0 saturated carbocycles. The van der Waals surface area contributed by atoms with Crippen molar-refractivity contribution in [2.24, 2.45) is 18.7 Å². The fourth-order valence-electron chi connectivity index (χ4n) is 6.29. The topological polar surface area (TPSA) is 127 Å². The summed E-state index contributed by atoms with van der Waals surface area (Å²) in [6, 6.07) is 11.2. The number of aromatic nitrogens is 2. The number of halogens is 2. The second-order valence-corrected chi connectivity index (χ2v) is 12.8. The van der Waals surface area contributed by atoms with E-state index in [1.165, 1.54) is 46.0 Å². The van der Waals surface area contributed by atoms with Crippen LogP contribution in [0.15, 0.2) is 54.6 Å². The number of benzene rings is 2. The highest BCUT2D eigenvalue weighted by Crippen LogP contribution is 2.54. The molecule has 0 radical (unpaired) electrons. The zero-order valence-electron chi connectivity index (χ0n) is 24.7. The molecule has 3 N–H and O–H groups in total. The Balaban J connectivity index is 1.81. The number of thiophene rings is 1. The van der Waals surface area contributed by atoms with Gasteiger partial charge in [0.25, 0.3) is 5.91 Å². The first kappa shape index (κ1) is 31.1. The van der Waals surface area contributed by atoms with Gasteiger partial charge in [0, 0.05) is 52.0 Å². The van der Waals surface area contributed by atoms with Gasteiger partial charge in [-0.25, -0.2) is 4.39 Å². The molecule has 228 valence electrons. The van der Waals surface area contributed by atoms with Crippen LogP contribution in [0.25, 0.3) is 0 Å². The first-order valence-corrected chi connectivity index (χ1v) is 15.0. The van der Waals surface area contributed by atoms with Crippen molar-refractivity contribution in [3.05, 3.63) is 103 Å². The van der Waals surface area contributed by atoms with Crippen LogP contribution in [0.3, 0.4) is 0 Å². The van der Waals surface area contributed by atoms with E-state index in [9.17, 15) is 23.6 Å². The van der Waals surface area contributed by atoms with E-state index >= 15 is 0 Å². The third-order valence-electron chi connectivity index (χ3n) is 7.98. The molecule has 3 amide bonds. The summed E-state index contributed by atoms with van der Waals surface area (Å²) < 4.78 is 15.8. The van der Waals surface area contributed by atoms with E-state index in [0.29, 0.717) is 28.1 Å². The number of primary amides is 1. The molecule has 4 unspecified atom stereocenters. The van der Waals surface area contributed by atoms with Gasteiger partial charge in [-0.1, -0.05) is 29.8 Å². The largest absolute Gasteiger partial charge is 0.368 e. The first-order chi connectivity index (χ1) is 20.8. The molecule has 0 aliphatic carbocycles. The highest BCUT2D eigenvalue weighted by molar-refractivity contribution is 7.12. The van der Waals surface area contributed by atoms with Gasteiger partial charge in [0.1, 0.15) is 17.0 Å². The normalized spacial score (nSPS) is 19.7. The Morgan fingerprint density at radius 3 is 2.25 bits per heavy atom. The molecule has 2 aromatic heterocycles. The summed E-state index contributed by atoms with van der Waals surface area (Å²) in [6.45, 7) is 6.83. The minimum Gasteiger partial charge on any atom is -0.368 e. The van der Waals surface area contributed by atoms with Crippen molar-refractivity contribution in [1.82, 2.24) is 14.7 Å². The number of nitrogens with one attached hydrogen (secondary N) is 1. The number of hydrogen-bond donors (Lipinski definition) is 2. The third kappa shape index (κ3) is 5.53. The van der Waals surface area contributed by atoms with Gasteiger partial charge in [-0.15, -0.1) is 11.3 Å².